The lowest BCUT2D eigenvalue weighted by Gasteiger charge is -2.22. The number of hydrogen-bond acceptors (Lipinski definition) is 6. The molecule has 1 aliphatic heterocycles. The molecule has 1 saturated heterocycles. The number of anilines is 3. The van der Waals surface area contributed by atoms with Crippen molar-refractivity contribution in [2.45, 2.75) is 19.4 Å². The van der Waals surface area contributed by atoms with Gasteiger partial charge in [0, 0.05) is 44.1 Å². The van der Waals surface area contributed by atoms with Crippen LogP contribution >= 0.6 is 0 Å². The minimum atomic E-state index is -0.346. The Morgan fingerprint density at radius 1 is 1.33 bits per heavy atom. The number of nitrogens with zero attached hydrogens (tertiary/aromatic N) is 3. The number of rotatable bonds is 5. The molecule has 1 atom stereocenters. The van der Waals surface area contributed by atoms with E-state index < -0.39 is 0 Å². The van der Waals surface area contributed by atoms with Crippen molar-refractivity contribution in [1.29, 1.82) is 0 Å². The van der Waals surface area contributed by atoms with Gasteiger partial charge in [-0.05, 0) is 25.5 Å². The monoisotopic (exact) mass is 369 g/mol. The second-order valence-electron chi connectivity index (χ2n) is 6.26. The first-order valence-corrected chi connectivity index (χ1v) is 8.83. The number of nitrogens with two attached hydrogens (primary N) is 1. The summed E-state index contributed by atoms with van der Waals surface area (Å²) < 4.78 is 0. The molecule has 5 N–H and O–H groups in total. The molecule has 142 valence electrons. The summed E-state index contributed by atoms with van der Waals surface area (Å²) in [5.74, 6) is 0.0740. The van der Waals surface area contributed by atoms with Gasteiger partial charge in [0.1, 0.15) is 5.82 Å². The predicted octanol–water partition coefficient (Wildman–Crippen LogP) is 1.41. The number of pyridine rings is 2. The molecule has 1 fully saturated rings. The van der Waals surface area contributed by atoms with Crippen molar-refractivity contribution in [1.82, 2.24) is 15.3 Å². The highest BCUT2D eigenvalue weighted by molar-refractivity contribution is 6.08. The van der Waals surface area contributed by atoms with Crippen LogP contribution in [0.25, 0.3) is 0 Å². The lowest BCUT2D eigenvalue weighted by Crippen LogP contribution is -2.30. The van der Waals surface area contributed by atoms with Gasteiger partial charge < -0.3 is 21.3 Å². The summed E-state index contributed by atoms with van der Waals surface area (Å²) in [6, 6.07) is 4.90. The summed E-state index contributed by atoms with van der Waals surface area (Å²) in [6.07, 6.45) is 5.51. The topological polar surface area (TPSA) is 125 Å². The Morgan fingerprint density at radius 2 is 2.19 bits per heavy atom. The molecule has 0 spiro atoms. The van der Waals surface area contributed by atoms with E-state index in [2.05, 4.69) is 25.9 Å². The fraction of sp³-hybridized carbons (Fsp3) is 0.333. The molecule has 9 heteroatoms. The lowest BCUT2D eigenvalue weighted by atomic mass is 10.2. The largest absolute Gasteiger partial charge is 0.369 e. The molecule has 0 aromatic carbocycles. The van der Waals surface area contributed by atoms with Crippen molar-refractivity contribution >= 4 is 29.1 Å². The van der Waals surface area contributed by atoms with E-state index in [1.807, 2.05) is 11.8 Å². The fourth-order valence-corrected chi connectivity index (χ4v) is 2.91. The average molecular weight is 369 g/mol. The minimum Gasteiger partial charge on any atom is -0.369 e. The van der Waals surface area contributed by atoms with Crippen molar-refractivity contribution in [2.75, 3.05) is 35.2 Å². The molecule has 2 aromatic heterocycles. The molecule has 3 rings (SSSR count). The summed E-state index contributed by atoms with van der Waals surface area (Å²) in [7, 11) is 0. The van der Waals surface area contributed by atoms with E-state index in [1.54, 1.807) is 30.6 Å². The number of hydrogen-bond donors (Lipinski definition) is 4. The van der Waals surface area contributed by atoms with Crippen LogP contribution in [0.2, 0.25) is 0 Å². The van der Waals surface area contributed by atoms with E-state index >= 15 is 0 Å². The molecule has 2 aromatic rings. The Bertz CT molecular complexity index is 813. The summed E-state index contributed by atoms with van der Waals surface area (Å²) >= 11 is 0. The maximum atomic E-state index is 12.8. The number of carbonyl (C=O) groups is 2. The summed E-state index contributed by atoms with van der Waals surface area (Å²) in [5.41, 5.74) is 7.72. The van der Waals surface area contributed by atoms with Crippen LogP contribution in [-0.4, -0.2) is 47.6 Å². The third-order valence-electron chi connectivity index (χ3n) is 4.19. The van der Waals surface area contributed by atoms with Gasteiger partial charge in [-0.15, -0.1) is 0 Å². The third-order valence-corrected chi connectivity index (χ3v) is 4.19. The van der Waals surface area contributed by atoms with Gasteiger partial charge in [-0.25, -0.2) is 9.78 Å². The highest BCUT2D eigenvalue weighted by Crippen LogP contribution is 2.27. The third kappa shape index (κ3) is 4.70. The van der Waals surface area contributed by atoms with E-state index in [4.69, 9.17) is 5.73 Å². The van der Waals surface area contributed by atoms with Gasteiger partial charge in [-0.3, -0.25) is 15.1 Å². The Morgan fingerprint density at radius 3 is 2.85 bits per heavy atom. The van der Waals surface area contributed by atoms with E-state index in [-0.39, 0.29) is 18.0 Å². The van der Waals surface area contributed by atoms with Crippen molar-refractivity contribution in [3.63, 3.8) is 0 Å². The van der Waals surface area contributed by atoms with E-state index in [1.165, 1.54) is 6.20 Å². The van der Waals surface area contributed by atoms with Crippen LogP contribution in [0.15, 0.2) is 36.8 Å². The van der Waals surface area contributed by atoms with E-state index in [0.29, 0.717) is 35.8 Å². The second kappa shape index (κ2) is 8.45. The first-order chi connectivity index (χ1) is 13.1. The molecule has 0 radical (unpaired) electrons. The fourth-order valence-electron chi connectivity index (χ4n) is 2.91. The number of urea groups is 1. The van der Waals surface area contributed by atoms with Gasteiger partial charge in [-0.2, -0.15) is 0 Å². The van der Waals surface area contributed by atoms with Gasteiger partial charge in [0.15, 0.2) is 0 Å². The molecular formula is C18H23N7O2. The normalized spacial score (nSPS) is 16.1. The maximum Gasteiger partial charge on any atom is 0.320 e. The van der Waals surface area contributed by atoms with Crippen LogP contribution in [0.1, 0.15) is 23.7 Å². The van der Waals surface area contributed by atoms with Crippen LogP contribution in [0, 0.1) is 0 Å². The molecule has 0 aliphatic carbocycles. The lowest BCUT2D eigenvalue weighted by molar-refractivity contribution is 0.102. The summed E-state index contributed by atoms with van der Waals surface area (Å²) in [6.45, 7) is 3.71. The van der Waals surface area contributed by atoms with Gasteiger partial charge in [-0.1, -0.05) is 0 Å². The van der Waals surface area contributed by atoms with E-state index in [0.717, 1.165) is 13.0 Å². The predicted molar refractivity (Wildman–Crippen MR) is 104 cm³/mol. The van der Waals surface area contributed by atoms with Crippen LogP contribution < -0.4 is 26.6 Å². The number of carbonyl (C=O) groups excluding carboxylic acids is 2. The van der Waals surface area contributed by atoms with Crippen LogP contribution in [0.5, 0.6) is 0 Å². The van der Waals surface area contributed by atoms with Crippen LogP contribution in [-0.2, 0) is 0 Å². The summed E-state index contributed by atoms with van der Waals surface area (Å²) in [5, 5.41) is 8.14. The molecule has 1 unspecified atom stereocenters. The van der Waals surface area contributed by atoms with Crippen molar-refractivity contribution in [3.05, 3.63) is 42.4 Å². The molecule has 3 amide bonds. The SMILES string of the molecule is CCNC(=O)Nc1cc(N2CCC(N)C2)c(C(=O)Nc2cccnc2)cn1. The highest BCUT2D eigenvalue weighted by Gasteiger charge is 2.25. The molecule has 27 heavy (non-hydrogen) atoms. The number of aromatic nitrogens is 2. The number of nitrogens with one attached hydrogen (secondary N) is 3. The molecular weight excluding hydrogens is 346 g/mol. The molecule has 3 heterocycles. The molecule has 0 bridgehead atoms. The van der Waals surface area contributed by atoms with Gasteiger partial charge in [0.25, 0.3) is 5.91 Å². The van der Waals surface area contributed by atoms with Gasteiger partial charge in [0.05, 0.1) is 23.1 Å². The Labute approximate surface area is 157 Å². The molecule has 9 nitrogen and oxygen atoms in total. The maximum absolute atomic E-state index is 12.8. The highest BCUT2D eigenvalue weighted by atomic mass is 16.2. The molecule has 0 saturated carbocycles. The standard InChI is InChI=1S/C18H23N7O2/c1-2-21-18(27)24-16-8-15(25-7-5-12(19)11-25)14(10-22-16)17(26)23-13-4-3-6-20-9-13/h3-4,6,8-10,12H,2,5,7,11,19H2,1H3,(H,23,26)(H2,21,22,24,27). The zero-order valence-corrected chi connectivity index (χ0v) is 15.1. The smallest absolute Gasteiger partial charge is 0.320 e. The zero-order chi connectivity index (χ0) is 19.2. The molecule has 1 aliphatic rings. The van der Waals surface area contributed by atoms with Crippen molar-refractivity contribution < 1.29 is 9.59 Å². The first-order valence-electron chi connectivity index (χ1n) is 8.83. The Balaban J connectivity index is 1.87. The summed E-state index contributed by atoms with van der Waals surface area (Å²) in [4.78, 5) is 34.8. The first kappa shape index (κ1) is 18.6. The second-order valence-corrected chi connectivity index (χ2v) is 6.26. The quantitative estimate of drug-likeness (QED) is 0.631. The minimum absolute atomic E-state index is 0.0483. The van der Waals surface area contributed by atoms with Crippen LogP contribution in [0.3, 0.4) is 0 Å². The number of amides is 3. The Kier molecular flexibility index (Phi) is 5.82. The van der Waals surface area contributed by atoms with E-state index in [9.17, 15) is 9.59 Å². The van der Waals surface area contributed by atoms with Crippen LogP contribution in [0.4, 0.5) is 22.0 Å². The Hall–Kier alpha value is -3.20. The van der Waals surface area contributed by atoms with Gasteiger partial charge in [0.2, 0.25) is 0 Å². The van der Waals surface area contributed by atoms with Gasteiger partial charge >= 0.3 is 6.03 Å². The zero-order valence-electron chi connectivity index (χ0n) is 15.1. The van der Waals surface area contributed by atoms with Crippen molar-refractivity contribution in [3.8, 4) is 0 Å². The van der Waals surface area contributed by atoms with Crippen molar-refractivity contribution in [2.24, 2.45) is 5.73 Å². The average Bonchev–Trinajstić information content (AvgIpc) is 3.09.